The smallest absolute Gasteiger partial charge is 0.125 e. The third-order valence-electron chi connectivity index (χ3n) is 3.99. The molecular formula is C18H16N2. The molecule has 2 heterocycles. The third-order valence-corrected chi connectivity index (χ3v) is 3.99. The van der Waals surface area contributed by atoms with Gasteiger partial charge in [-0.3, -0.25) is 0 Å². The van der Waals surface area contributed by atoms with Gasteiger partial charge in [-0.15, -0.1) is 0 Å². The minimum Gasteiger partial charge on any atom is -0.367 e. The predicted molar refractivity (Wildman–Crippen MR) is 82.4 cm³/mol. The van der Waals surface area contributed by atoms with Crippen molar-refractivity contribution in [3.05, 3.63) is 83.2 Å². The molecular weight excluding hydrogens is 244 g/mol. The molecule has 0 saturated heterocycles. The first-order valence-electron chi connectivity index (χ1n) is 6.95. The highest BCUT2D eigenvalue weighted by atomic mass is 15.3. The van der Waals surface area contributed by atoms with Gasteiger partial charge in [0, 0.05) is 18.3 Å². The number of hydrogen-bond donors (Lipinski definition) is 1. The molecule has 98 valence electrons. The molecule has 4 rings (SSSR count). The van der Waals surface area contributed by atoms with E-state index in [1.165, 1.54) is 22.3 Å². The van der Waals surface area contributed by atoms with E-state index in [4.69, 9.17) is 0 Å². The Morgan fingerprint density at radius 1 is 0.900 bits per heavy atom. The maximum absolute atomic E-state index is 3.47. The molecule has 0 aromatic heterocycles. The number of fused-ring (bicyclic) bond motifs is 2. The first-order valence-corrected chi connectivity index (χ1v) is 6.95. The number of nitrogens with zero attached hydrogens (tertiary/aromatic N) is 1. The van der Waals surface area contributed by atoms with Crippen LogP contribution in [0.15, 0.2) is 60.9 Å². The van der Waals surface area contributed by atoms with Crippen LogP contribution < -0.4 is 5.32 Å². The fraction of sp³-hybridized carbons (Fsp3) is 0.111. The van der Waals surface area contributed by atoms with Gasteiger partial charge in [-0.05, 0) is 35.0 Å². The zero-order valence-corrected chi connectivity index (χ0v) is 11.2. The fourth-order valence-corrected chi connectivity index (χ4v) is 2.95. The molecule has 0 aliphatic carbocycles. The van der Waals surface area contributed by atoms with Gasteiger partial charge in [-0.2, -0.15) is 0 Å². The van der Waals surface area contributed by atoms with Gasteiger partial charge < -0.3 is 10.2 Å². The van der Waals surface area contributed by atoms with Crippen molar-refractivity contribution in [2.45, 2.75) is 12.7 Å². The SMILES string of the molecule is C1=Cc2ccccc2C(N2C=Cc3ccccc3C2)N1. The summed E-state index contributed by atoms with van der Waals surface area (Å²) in [5, 5.41) is 3.47. The lowest BCUT2D eigenvalue weighted by Crippen LogP contribution is -2.35. The Morgan fingerprint density at radius 3 is 2.65 bits per heavy atom. The Hall–Kier alpha value is -2.48. The van der Waals surface area contributed by atoms with Crippen molar-refractivity contribution in [2.24, 2.45) is 0 Å². The van der Waals surface area contributed by atoms with Crippen LogP contribution in [0.1, 0.15) is 28.4 Å². The summed E-state index contributed by atoms with van der Waals surface area (Å²) in [5.74, 6) is 0. The van der Waals surface area contributed by atoms with Crippen molar-refractivity contribution >= 4 is 12.2 Å². The Balaban J connectivity index is 1.69. The van der Waals surface area contributed by atoms with Crippen molar-refractivity contribution in [1.29, 1.82) is 0 Å². The summed E-state index contributed by atoms with van der Waals surface area (Å²) in [6.07, 6.45) is 8.77. The summed E-state index contributed by atoms with van der Waals surface area (Å²) in [4.78, 5) is 2.35. The zero-order chi connectivity index (χ0) is 13.4. The summed E-state index contributed by atoms with van der Waals surface area (Å²) in [6.45, 7) is 0.937. The number of rotatable bonds is 1. The molecule has 2 nitrogen and oxygen atoms in total. The van der Waals surface area contributed by atoms with E-state index < -0.39 is 0 Å². The van der Waals surface area contributed by atoms with Crippen LogP contribution in [0.4, 0.5) is 0 Å². The van der Waals surface area contributed by atoms with E-state index in [1.54, 1.807) is 0 Å². The molecule has 0 spiro atoms. The van der Waals surface area contributed by atoms with Crippen molar-refractivity contribution in [3.8, 4) is 0 Å². The molecule has 0 saturated carbocycles. The van der Waals surface area contributed by atoms with Crippen molar-refractivity contribution in [2.75, 3.05) is 0 Å². The summed E-state index contributed by atoms with van der Waals surface area (Å²) in [6, 6.07) is 17.1. The lowest BCUT2D eigenvalue weighted by atomic mass is 9.99. The van der Waals surface area contributed by atoms with Crippen molar-refractivity contribution in [1.82, 2.24) is 10.2 Å². The number of benzene rings is 2. The van der Waals surface area contributed by atoms with Crippen LogP contribution in [0.5, 0.6) is 0 Å². The van der Waals surface area contributed by atoms with Gasteiger partial charge in [-0.25, -0.2) is 0 Å². The lowest BCUT2D eigenvalue weighted by Gasteiger charge is -2.36. The molecule has 20 heavy (non-hydrogen) atoms. The van der Waals surface area contributed by atoms with E-state index in [2.05, 4.69) is 77.1 Å². The second kappa shape index (κ2) is 4.57. The van der Waals surface area contributed by atoms with Crippen molar-refractivity contribution in [3.63, 3.8) is 0 Å². The highest BCUT2D eigenvalue weighted by molar-refractivity contribution is 5.58. The monoisotopic (exact) mass is 260 g/mol. The molecule has 2 aliphatic heterocycles. The molecule has 0 fully saturated rings. The molecule has 2 aromatic carbocycles. The van der Waals surface area contributed by atoms with Crippen LogP contribution >= 0.6 is 0 Å². The van der Waals surface area contributed by atoms with E-state index in [0.717, 1.165) is 6.54 Å². The first kappa shape index (κ1) is 11.4. The topological polar surface area (TPSA) is 15.3 Å². The first-order chi connectivity index (χ1) is 9.92. The van der Waals surface area contributed by atoms with E-state index in [1.807, 2.05) is 6.20 Å². The summed E-state index contributed by atoms with van der Waals surface area (Å²) < 4.78 is 0. The average molecular weight is 260 g/mol. The van der Waals surface area contributed by atoms with Gasteiger partial charge in [0.1, 0.15) is 6.17 Å². The van der Waals surface area contributed by atoms with Crippen LogP contribution in [-0.4, -0.2) is 4.90 Å². The Labute approximate surface area is 119 Å². The lowest BCUT2D eigenvalue weighted by molar-refractivity contribution is 0.245. The average Bonchev–Trinajstić information content (AvgIpc) is 2.54. The van der Waals surface area contributed by atoms with Gasteiger partial charge >= 0.3 is 0 Å². The summed E-state index contributed by atoms with van der Waals surface area (Å²) in [5.41, 5.74) is 5.33. The molecule has 0 radical (unpaired) electrons. The summed E-state index contributed by atoms with van der Waals surface area (Å²) >= 11 is 0. The predicted octanol–water partition coefficient (Wildman–Crippen LogP) is 3.75. The second-order valence-electron chi connectivity index (χ2n) is 5.22. The van der Waals surface area contributed by atoms with E-state index in [0.29, 0.717) is 0 Å². The normalized spacial score (nSPS) is 19.2. The second-order valence-corrected chi connectivity index (χ2v) is 5.22. The van der Waals surface area contributed by atoms with Crippen molar-refractivity contribution < 1.29 is 0 Å². The van der Waals surface area contributed by atoms with E-state index >= 15 is 0 Å². The maximum Gasteiger partial charge on any atom is 0.125 e. The van der Waals surface area contributed by atoms with Gasteiger partial charge in [0.2, 0.25) is 0 Å². The zero-order valence-electron chi connectivity index (χ0n) is 11.2. The van der Waals surface area contributed by atoms with Gasteiger partial charge in [0.05, 0.1) is 0 Å². The number of hydrogen-bond acceptors (Lipinski definition) is 2. The van der Waals surface area contributed by atoms with Crippen LogP contribution in [0.2, 0.25) is 0 Å². The minimum atomic E-state index is 0.209. The molecule has 1 unspecified atom stereocenters. The number of nitrogens with one attached hydrogen (secondary N) is 1. The maximum atomic E-state index is 3.47. The third kappa shape index (κ3) is 1.81. The quantitative estimate of drug-likeness (QED) is 0.840. The Morgan fingerprint density at radius 2 is 1.70 bits per heavy atom. The molecule has 0 bridgehead atoms. The highest BCUT2D eigenvalue weighted by Crippen LogP contribution is 2.30. The molecule has 2 aliphatic rings. The molecule has 1 N–H and O–H groups in total. The fourth-order valence-electron chi connectivity index (χ4n) is 2.95. The molecule has 0 amide bonds. The van der Waals surface area contributed by atoms with Gasteiger partial charge in [-0.1, -0.05) is 48.5 Å². The van der Waals surface area contributed by atoms with Crippen LogP contribution in [-0.2, 0) is 6.54 Å². The standard InChI is InChI=1S/C18H16N2/c1-2-7-16-13-20(12-10-14(16)5-1)18-17-8-4-3-6-15(17)9-11-19-18/h1-12,18-19H,13H2. The Kier molecular flexibility index (Phi) is 2.59. The minimum absolute atomic E-state index is 0.209. The molecule has 1 atom stereocenters. The highest BCUT2D eigenvalue weighted by Gasteiger charge is 2.23. The van der Waals surface area contributed by atoms with Crippen LogP contribution in [0, 0.1) is 0 Å². The van der Waals surface area contributed by atoms with Crippen LogP contribution in [0.25, 0.3) is 12.2 Å². The largest absolute Gasteiger partial charge is 0.367 e. The molecule has 2 heteroatoms. The summed E-state index contributed by atoms with van der Waals surface area (Å²) in [7, 11) is 0. The van der Waals surface area contributed by atoms with Gasteiger partial charge in [0.15, 0.2) is 0 Å². The Bertz CT molecular complexity index is 700. The van der Waals surface area contributed by atoms with Gasteiger partial charge in [0.25, 0.3) is 0 Å². The van der Waals surface area contributed by atoms with E-state index in [-0.39, 0.29) is 6.17 Å². The van der Waals surface area contributed by atoms with E-state index in [9.17, 15) is 0 Å². The van der Waals surface area contributed by atoms with Crippen LogP contribution in [0.3, 0.4) is 0 Å². The molecule has 2 aromatic rings.